The van der Waals surface area contributed by atoms with E-state index in [9.17, 15) is 9.00 Å². The van der Waals surface area contributed by atoms with E-state index in [-0.39, 0.29) is 16.7 Å². The zero-order valence-electron chi connectivity index (χ0n) is 18.0. The molecule has 30 heavy (non-hydrogen) atoms. The zero-order chi connectivity index (χ0) is 21.3. The van der Waals surface area contributed by atoms with Crippen molar-refractivity contribution in [3.63, 3.8) is 0 Å². The van der Waals surface area contributed by atoms with Gasteiger partial charge in [-0.25, -0.2) is 0 Å². The first-order valence-electron chi connectivity index (χ1n) is 10.8. The van der Waals surface area contributed by atoms with Crippen molar-refractivity contribution in [1.29, 1.82) is 0 Å². The van der Waals surface area contributed by atoms with Crippen LogP contribution in [0.25, 0.3) is 0 Å². The lowest BCUT2D eigenvalue weighted by atomic mass is 10.1. The summed E-state index contributed by atoms with van der Waals surface area (Å²) in [6.45, 7) is 7.70. The topological polar surface area (TPSA) is 73.2 Å². The van der Waals surface area contributed by atoms with Crippen LogP contribution in [0.2, 0.25) is 0 Å². The molecule has 2 fully saturated rings. The molecule has 1 aliphatic carbocycles. The number of hydrogen-bond donors (Lipinski definition) is 1. The van der Waals surface area contributed by atoms with E-state index in [0.29, 0.717) is 36.3 Å². The van der Waals surface area contributed by atoms with Crippen LogP contribution >= 0.6 is 0 Å². The van der Waals surface area contributed by atoms with Crippen LogP contribution in [0.15, 0.2) is 30.3 Å². The fourth-order valence-corrected chi connectivity index (χ4v) is 5.33. The second kappa shape index (κ2) is 8.63. The van der Waals surface area contributed by atoms with Crippen molar-refractivity contribution in [2.24, 2.45) is 0 Å². The molecule has 1 amide bonds. The SMILES string of the molecule is CC(C)(C)n1nc(C(=O)Nc2cccc(CS(=O)C3CCOCC3)c2)cc1C1CC1. The van der Waals surface area contributed by atoms with Crippen LogP contribution in [0.4, 0.5) is 5.69 Å². The Hall–Kier alpha value is -1.99. The summed E-state index contributed by atoms with van der Waals surface area (Å²) in [5.74, 6) is 0.808. The molecule has 1 aromatic heterocycles. The molecule has 1 atom stereocenters. The van der Waals surface area contributed by atoms with Gasteiger partial charge in [-0.15, -0.1) is 0 Å². The Morgan fingerprint density at radius 3 is 2.60 bits per heavy atom. The minimum Gasteiger partial charge on any atom is -0.381 e. The molecule has 1 N–H and O–H groups in total. The van der Waals surface area contributed by atoms with Crippen LogP contribution in [0.3, 0.4) is 0 Å². The van der Waals surface area contributed by atoms with Gasteiger partial charge in [0.1, 0.15) is 0 Å². The van der Waals surface area contributed by atoms with Gasteiger partial charge in [0.05, 0.1) is 5.54 Å². The van der Waals surface area contributed by atoms with Crippen LogP contribution in [-0.2, 0) is 26.8 Å². The number of hydrogen-bond acceptors (Lipinski definition) is 4. The van der Waals surface area contributed by atoms with E-state index in [1.54, 1.807) is 0 Å². The van der Waals surface area contributed by atoms with Crippen LogP contribution in [0.1, 0.15) is 74.1 Å². The fraction of sp³-hybridized carbons (Fsp3) is 0.565. The van der Waals surface area contributed by atoms with Crippen molar-refractivity contribution in [2.45, 2.75) is 68.9 Å². The van der Waals surface area contributed by atoms with Gasteiger partial charge in [0.25, 0.3) is 5.91 Å². The number of amides is 1. The number of aromatic nitrogens is 2. The highest BCUT2D eigenvalue weighted by Crippen LogP contribution is 2.41. The van der Waals surface area contributed by atoms with Crippen LogP contribution in [-0.4, -0.2) is 38.4 Å². The molecule has 1 unspecified atom stereocenters. The van der Waals surface area contributed by atoms with E-state index >= 15 is 0 Å². The Balaban J connectivity index is 1.45. The normalized spacial score (nSPS) is 18.9. The summed E-state index contributed by atoms with van der Waals surface area (Å²) in [5.41, 5.74) is 3.11. The number of carbonyl (C=O) groups is 1. The van der Waals surface area contributed by atoms with E-state index in [2.05, 4.69) is 31.2 Å². The van der Waals surface area contributed by atoms with Crippen molar-refractivity contribution in [3.8, 4) is 0 Å². The van der Waals surface area contributed by atoms with E-state index in [0.717, 1.165) is 36.9 Å². The molecule has 6 nitrogen and oxygen atoms in total. The second-order valence-electron chi connectivity index (χ2n) is 9.30. The molecule has 1 saturated carbocycles. The van der Waals surface area contributed by atoms with Gasteiger partial charge >= 0.3 is 0 Å². The van der Waals surface area contributed by atoms with Crippen LogP contribution in [0, 0.1) is 0 Å². The van der Waals surface area contributed by atoms with E-state index in [4.69, 9.17) is 4.74 Å². The molecule has 4 rings (SSSR count). The summed E-state index contributed by atoms with van der Waals surface area (Å²) in [5, 5.41) is 7.78. The lowest BCUT2D eigenvalue weighted by molar-refractivity contribution is 0.0991. The summed E-state index contributed by atoms with van der Waals surface area (Å²) >= 11 is 0. The van der Waals surface area contributed by atoms with Crippen LogP contribution < -0.4 is 5.32 Å². The van der Waals surface area contributed by atoms with Crippen LogP contribution in [0.5, 0.6) is 0 Å². The molecule has 1 aromatic carbocycles. The molecular formula is C23H31N3O3S. The summed E-state index contributed by atoms with van der Waals surface area (Å²) in [6, 6.07) is 9.57. The first kappa shape index (κ1) is 21.2. The van der Waals surface area contributed by atoms with Gasteiger partial charge in [0.15, 0.2) is 5.69 Å². The van der Waals surface area contributed by atoms with Gasteiger partial charge in [-0.1, -0.05) is 12.1 Å². The second-order valence-corrected chi connectivity index (χ2v) is 11.0. The quantitative estimate of drug-likeness (QED) is 0.747. The standard InChI is InChI=1S/C23H31N3O3S/c1-23(2,3)26-21(17-7-8-17)14-20(25-26)22(27)24-18-6-4-5-16(13-18)15-30(28)19-9-11-29-12-10-19/h4-6,13-14,17,19H,7-12,15H2,1-3H3,(H,24,27). The lowest BCUT2D eigenvalue weighted by Crippen LogP contribution is -2.26. The Labute approximate surface area is 180 Å². The monoisotopic (exact) mass is 429 g/mol. The lowest BCUT2D eigenvalue weighted by Gasteiger charge is -2.22. The summed E-state index contributed by atoms with van der Waals surface area (Å²) in [6.07, 6.45) is 4.02. The summed E-state index contributed by atoms with van der Waals surface area (Å²) < 4.78 is 20.0. The third-order valence-corrected chi connectivity index (χ3v) is 7.47. The molecule has 0 spiro atoms. The third kappa shape index (κ3) is 5.01. The Morgan fingerprint density at radius 2 is 1.93 bits per heavy atom. The molecule has 2 aliphatic rings. The molecule has 2 aromatic rings. The average Bonchev–Trinajstić information content (AvgIpc) is 3.45. The number of carbonyl (C=O) groups excluding carboxylic acids is 1. The predicted molar refractivity (Wildman–Crippen MR) is 119 cm³/mol. The van der Waals surface area contributed by atoms with Crippen molar-refractivity contribution in [2.75, 3.05) is 18.5 Å². The Morgan fingerprint density at radius 1 is 1.20 bits per heavy atom. The van der Waals surface area contributed by atoms with Crippen molar-refractivity contribution in [3.05, 3.63) is 47.3 Å². The number of nitrogens with zero attached hydrogens (tertiary/aromatic N) is 2. The van der Waals surface area contributed by atoms with Gasteiger partial charge in [-0.3, -0.25) is 13.7 Å². The Bertz CT molecular complexity index is 937. The first-order chi connectivity index (χ1) is 14.3. The highest BCUT2D eigenvalue weighted by Gasteiger charge is 2.32. The molecule has 2 heterocycles. The highest BCUT2D eigenvalue weighted by molar-refractivity contribution is 7.84. The number of nitrogens with one attached hydrogen (secondary N) is 1. The smallest absolute Gasteiger partial charge is 0.276 e. The largest absolute Gasteiger partial charge is 0.381 e. The predicted octanol–water partition coefficient (Wildman–Crippen LogP) is 4.20. The average molecular weight is 430 g/mol. The van der Waals surface area contributed by atoms with Crippen molar-refractivity contribution in [1.82, 2.24) is 9.78 Å². The molecule has 1 aliphatic heterocycles. The molecule has 162 valence electrons. The summed E-state index contributed by atoms with van der Waals surface area (Å²) in [4.78, 5) is 12.9. The molecular weight excluding hydrogens is 398 g/mol. The minimum absolute atomic E-state index is 0.162. The zero-order valence-corrected chi connectivity index (χ0v) is 18.8. The number of benzene rings is 1. The number of ether oxygens (including phenoxy) is 1. The molecule has 0 radical (unpaired) electrons. The van der Waals surface area contributed by atoms with Gasteiger partial charge < -0.3 is 10.1 Å². The van der Waals surface area contributed by atoms with Gasteiger partial charge in [0, 0.05) is 52.3 Å². The third-order valence-electron chi connectivity index (χ3n) is 5.63. The van der Waals surface area contributed by atoms with E-state index in [1.165, 1.54) is 0 Å². The van der Waals surface area contributed by atoms with E-state index < -0.39 is 10.8 Å². The summed E-state index contributed by atoms with van der Waals surface area (Å²) in [7, 11) is -0.931. The maximum Gasteiger partial charge on any atom is 0.276 e. The van der Waals surface area contributed by atoms with Crippen molar-refractivity contribution >= 4 is 22.4 Å². The first-order valence-corrected chi connectivity index (χ1v) is 12.1. The van der Waals surface area contributed by atoms with E-state index in [1.807, 2.05) is 35.0 Å². The maximum atomic E-state index is 12.9. The number of rotatable bonds is 6. The number of anilines is 1. The molecule has 7 heteroatoms. The molecule has 1 saturated heterocycles. The van der Waals surface area contributed by atoms with Gasteiger partial charge in [-0.2, -0.15) is 5.10 Å². The van der Waals surface area contributed by atoms with Gasteiger partial charge in [-0.05, 0) is 70.2 Å². The minimum atomic E-state index is -0.931. The van der Waals surface area contributed by atoms with Gasteiger partial charge in [0.2, 0.25) is 0 Å². The molecule has 0 bridgehead atoms. The highest BCUT2D eigenvalue weighted by atomic mass is 32.2. The maximum absolute atomic E-state index is 12.9. The Kier molecular flexibility index (Phi) is 6.11. The fourth-order valence-electron chi connectivity index (χ4n) is 3.87. The van der Waals surface area contributed by atoms with Crippen molar-refractivity contribution < 1.29 is 13.7 Å².